The Morgan fingerprint density at radius 1 is 0.578 bits per heavy atom. The van der Waals surface area contributed by atoms with E-state index in [9.17, 15) is 19.5 Å². The van der Waals surface area contributed by atoms with E-state index in [0.29, 0.717) is 17.4 Å². The van der Waals surface area contributed by atoms with Gasteiger partial charge in [-0.25, -0.2) is 0 Å². The van der Waals surface area contributed by atoms with Crippen LogP contribution in [0.3, 0.4) is 0 Å². The fraction of sp³-hybridized carbons (Fsp3) is 0.917. The fourth-order valence-electron chi connectivity index (χ4n) is 4.95. The molecule has 2 atom stereocenters. The van der Waals surface area contributed by atoms with E-state index in [0.717, 1.165) is 44.9 Å². The molecule has 0 amide bonds. The van der Waals surface area contributed by atoms with Crippen molar-refractivity contribution in [2.75, 3.05) is 47.5 Å². The predicted octanol–water partition coefficient (Wildman–Crippen LogP) is 6.88. The van der Waals surface area contributed by atoms with Gasteiger partial charge in [0.15, 0.2) is 12.4 Å². The predicted molar refractivity (Wildman–Crippen MR) is 177 cm³/mol. The van der Waals surface area contributed by atoms with E-state index in [4.69, 9.17) is 18.9 Å². The van der Waals surface area contributed by atoms with Gasteiger partial charge >= 0.3 is 11.9 Å². The smallest absolute Gasteiger partial charge is 0.306 e. The minimum absolute atomic E-state index is 0.152. The molecule has 0 spiro atoms. The van der Waals surface area contributed by atoms with Gasteiger partial charge in [-0.15, -0.1) is 0 Å². The molecule has 0 aliphatic rings. The lowest BCUT2D eigenvalue weighted by molar-refractivity contribution is -0.870. The minimum atomic E-state index is -1.61. The number of hydrogen-bond donors (Lipinski definition) is 0. The first-order valence-corrected chi connectivity index (χ1v) is 18.2. The number of quaternary nitrogens is 1. The highest BCUT2D eigenvalue weighted by molar-refractivity contribution is 5.70. The summed E-state index contributed by atoms with van der Waals surface area (Å²) in [5.74, 6) is -2.29. The van der Waals surface area contributed by atoms with Crippen LogP contribution in [0.15, 0.2) is 0 Å². The number of unbranched alkanes of at least 4 members (excludes halogenated alkanes) is 18. The Hall–Kier alpha value is -1.71. The van der Waals surface area contributed by atoms with E-state index < -0.39 is 24.3 Å². The van der Waals surface area contributed by atoms with E-state index in [1.807, 2.05) is 21.1 Å². The number of carbonyl (C=O) groups excluding carboxylic acids is 3. The highest BCUT2D eigenvalue weighted by Gasteiger charge is 2.21. The van der Waals surface area contributed by atoms with Crippen molar-refractivity contribution in [1.82, 2.24) is 0 Å². The van der Waals surface area contributed by atoms with Crippen LogP contribution in [-0.4, -0.2) is 82.3 Å². The van der Waals surface area contributed by atoms with Gasteiger partial charge in [0.2, 0.25) is 0 Å². The zero-order valence-electron chi connectivity index (χ0n) is 29.8. The topological polar surface area (TPSA) is 111 Å². The van der Waals surface area contributed by atoms with Crippen LogP contribution in [0.25, 0.3) is 0 Å². The molecule has 9 heteroatoms. The number of nitrogens with zero attached hydrogens (tertiary/aromatic N) is 1. The second kappa shape index (κ2) is 29.7. The summed E-state index contributed by atoms with van der Waals surface area (Å²) in [5.41, 5.74) is 0. The Kier molecular flexibility index (Phi) is 28.5. The molecule has 0 aromatic carbocycles. The summed E-state index contributed by atoms with van der Waals surface area (Å²) >= 11 is 0. The van der Waals surface area contributed by atoms with Gasteiger partial charge < -0.3 is 33.3 Å². The van der Waals surface area contributed by atoms with E-state index in [1.54, 1.807) is 0 Å². The van der Waals surface area contributed by atoms with Crippen molar-refractivity contribution >= 4 is 17.9 Å². The van der Waals surface area contributed by atoms with E-state index in [2.05, 4.69) is 13.8 Å². The molecule has 0 bridgehead atoms. The van der Waals surface area contributed by atoms with E-state index >= 15 is 0 Å². The van der Waals surface area contributed by atoms with Crippen molar-refractivity contribution < 1.29 is 42.9 Å². The van der Waals surface area contributed by atoms with Crippen molar-refractivity contribution in [2.45, 2.75) is 167 Å². The quantitative estimate of drug-likeness (QED) is 0.0329. The maximum atomic E-state index is 12.6. The van der Waals surface area contributed by atoms with Gasteiger partial charge in [-0.05, 0) is 12.8 Å². The first-order chi connectivity index (χ1) is 21.6. The second-order valence-corrected chi connectivity index (χ2v) is 13.5. The first kappa shape index (κ1) is 43.3. The highest BCUT2D eigenvalue weighted by atomic mass is 16.7. The molecule has 0 fully saturated rings. The maximum absolute atomic E-state index is 12.6. The molecule has 0 aliphatic carbocycles. The standard InChI is InChI=1S/C36H69NO8/c1-6-8-10-12-14-15-16-17-18-19-20-21-23-25-27-34(39)45-32(30-43-33(38)26-24-22-13-11-9-7-2)31-44-36(35(40)41)42-29-28-37(3,4)5/h32,36H,6-31H2,1-5H3. The van der Waals surface area contributed by atoms with Crippen molar-refractivity contribution in [3.8, 4) is 0 Å². The van der Waals surface area contributed by atoms with Crippen molar-refractivity contribution in [1.29, 1.82) is 0 Å². The molecule has 0 aliphatic heterocycles. The van der Waals surface area contributed by atoms with Gasteiger partial charge in [0.25, 0.3) is 0 Å². The Morgan fingerprint density at radius 2 is 1.00 bits per heavy atom. The lowest BCUT2D eigenvalue weighted by Gasteiger charge is -2.26. The van der Waals surface area contributed by atoms with Crippen LogP contribution in [0.2, 0.25) is 0 Å². The second-order valence-electron chi connectivity index (χ2n) is 13.5. The Morgan fingerprint density at radius 3 is 1.42 bits per heavy atom. The van der Waals surface area contributed by atoms with E-state index in [1.165, 1.54) is 83.5 Å². The summed E-state index contributed by atoms with van der Waals surface area (Å²) in [7, 11) is 5.89. The molecule has 0 N–H and O–H groups in total. The minimum Gasteiger partial charge on any atom is -0.545 e. The normalized spacial score (nSPS) is 13.0. The number of carboxylic acids is 1. The van der Waals surface area contributed by atoms with Crippen molar-refractivity contribution in [2.24, 2.45) is 0 Å². The average molecular weight is 644 g/mol. The zero-order valence-corrected chi connectivity index (χ0v) is 29.8. The molecule has 266 valence electrons. The highest BCUT2D eigenvalue weighted by Crippen LogP contribution is 2.14. The molecular formula is C36H69NO8. The molecular weight excluding hydrogens is 574 g/mol. The molecule has 0 saturated carbocycles. The molecule has 0 aromatic heterocycles. The number of likely N-dealkylation sites (N-methyl/N-ethyl adjacent to an activating group) is 1. The van der Waals surface area contributed by atoms with Crippen LogP contribution in [0, 0.1) is 0 Å². The monoisotopic (exact) mass is 644 g/mol. The summed E-state index contributed by atoms with van der Waals surface area (Å²) in [4.78, 5) is 36.5. The van der Waals surface area contributed by atoms with Gasteiger partial charge in [0, 0.05) is 12.8 Å². The van der Waals surface area contributed by atoms with Gasteiger partial charge in [-0.2, -0.15) is 0 Å². The Labute approximate surface area is 275 Å². The van der Waals surface area contributed by atoms with Crippen LogP contribution in [0.5, 0.6) is 0 Å². The summed E-state index contributed by atoms with van der Waals surface area (Å²) in [6.07, 6.45) is 21.6. The molecule has 9 nitrogen and oxygen atoms in total. The van der Waals surface area contributed by atoms with Crippen LogP contribution in [0.4, 0.5) is 0 Å². The molecule has 0 radical (unpaired) electrons. The molecule has 0 rings (SSSR count). The van der Waals surface area contributed by atoms with Crippen LogP contribution >= 0.6 is 0 Å². The van der Waals surface area contributed by atoms with Gasteiger partial charge in [0.05, 0.1) is 40.3 Å². The van der Waals surface area contributed by atoms with Gasteiger partial charge in [-0.1, -0.05) is 129 Å². The number of rotatable bonds is 33. The van der Waals surface area contributed by atoms with Crippen molar-refractivity contribution in [3.05, 3.63) is 0 Å². The van der Waals surface area contributed by atoms with Crippen LogP contribution in [0.1, 0.15) is 155 Å². The molecule has 0 heterocycles. The third-order valence-electron chi connectivity index (χ3n) is 7.85. The van der Waals surface area contributed by atoms with Crippen LogP contribution in [-0.2, 0) is 33.3 Å². The lowest BCUT2D eigenvalue weighted by atomic mass is 10.0. The van der Waals surface area contributed by atoms with Gasteiger partial charge in [-0.3, -0.25) is 9.59 Å². The number of hydrogen-bond acceptors (Lipinski definition) is 8. The van der Waals surface area contributed by atoms with E-state index in [-0.39, 0.29) is 32.2 Å². The SMILES string of the molecule is CCCCCCCCCCCCCCCCC(=O)OC(COC(=O)CCCCCCCC)COC(OCC[N+](C)(C)C)C(=O)[O-]. The molecule has 45 heavy (non-hydrogen) atoms. The fourth-order valence-corrected chi connectivity index (χ4v) is 4.95. The average Bonchev–Trinajstić information content (AvgIpc) is 2.98. The van der Waals surface area contributed by atoms with Crippen molar-refractivity contribution in [3.63, 3.8) is 0 Å². The third-order valence-corrected chi connectivity index (χ3v) is 7.85. The number of aliphatic carboxylic acids is 1. The van der Waals surface area contributed by atoms with Crippen LogP contribution < -0.4 is 5.11 Å². The Balaban J connectivity index is 4.47. The van der Waals surface area contributed by atoms with Gasteiger partial charge in [0.1, 0.15) is 13.2 Å². The summed E-state index contributed by atoms with van der Waals surface area (Å²) in [6, 6.07) is 0. The number of carbonyl (C=O) groups is 3. The first-order valence-electron chi connectivity index (χ1n) is 18.2. The molecule has 0 aromatic rings. The number of carboxylic acid groups (broad SMARTS) is 1. The number of ether oxygens (including phenoxy) is 4. The summed E-state index contributed by atoms with van der Waals surface area (Å²) in [5, 5.41) is 11.6. The third kappa shape index (κ3) is 30.7. The lowest BCUT2D eigenvalue weighted by Crippen LogP contribution is -2.44. The number of esters is 2. The Bertz CT molecular complexity index is 724. The largest absolute Gasteiger partial charge is 0.545 e. The maximum Gasteiger partial charge on any atom is 0.306 e. The zero-order chi connectivity index (χ0) is 33.6. The summed E-state index contributed by atoms with van der Waals surface area (Å²) < 4.78 is 22.3. The summed E-state index contributed by atoms with van der Waals surface area (Å²) in [6.45, 7) is 4.66. The molecule has 0 saturated heterocycles. The molecule has 2 unspecified atom stereocenters.